The fourth-order valence-electron chi connectivity index (χ4n) is 9.59. The van der Waals surface area contributed by atoms with Gasteiger partial charge in [-0.3, -0.25) is 0 Å². The minimum absolute atomic E-state index is 0.0548. The second kappa shape index (κ2) is 59.1. The monoisotopic (exact) mass is 1270 g/mol. The fraction of sp³-hybridized carbons (Fsp3) is 0.903. The lowest BCUT2D eigenvalue weighted by Gasteiger charge is -2.21. The van der Waals surface area contributed by atoms with Gasteiger partial charge in [0.2, 0.25) is 0 Å². The average Bonchev–Trinajstić information content (AvgIpc) is 4.14. The minimum atomic E-state index is -0.859. The third-order valence-corrected chi connectivity index (χ3v) is 15.1. The van der Waals surface area contributed by atoms with E-state index in [4.69, 9.17) is 33.2 Å². The van der Waals surface area contributed by atoms with Gasteiger partial charge in [-0.15, -0.1) is 5.10 Å². The highest BCUT2D eigenvalue weighted by Gasteiger charge is 2.25. The molecule has 1 aromatic heterocycles. The van der Waals surface area contributed by atoms with Crippen LogP contribution in [0.3, 0.4) is 0 Å². The molecule has 26 heteroatoms. The van der Waals surface area contributed by atoms with Crippen LogP contribution in [0.1, 0.15) is 173 Å². The van der Waals surface area contributed by atoms with Crippen LogP contribution in [0.4, 0.5) is 0 Å². The molecule has 0 aliphatic rings. The second-order valence-electron chi connectivity index (χ2n) is 23.8. The maximum absolute atomic E-state index is 10.9. The zero-order chi connectivity index (χ0) is 64.3. The molecule has 0 spiro atoms. The number of aromatic nitrogens is 3. The van der Waals surface area contributed by atoms with Crippen LogP contribution in [0.2, 0.25) is 0 Å². The summed E-state index contributed by atoms with van der Waals surface area (Å²) in [6.45, 7) is 15.5. The molecule has 0 saturated heterocycles. The van der Waals surface area contributed by atoms with Gasteiger partial charge in [-0.25, -0.2) is 4.68 Å². The van der Waals surface area contributed by atoms with Crippen LogP contribution in [0.25, 0.3) is 0 Å². The molecule has 1 heterocycles. The van der Waals surface area contributed by atoms with Crippen molar-refractivity contribution < 1.29 is 96.5 Å². The lowest BCUT2D eigenvalue weighted by Crippen LogP contribution is -2.75. The number of ether oxygens (including phenoxy) is 7. The molecular formula is C62H135N15O11+8. The van der Waals surface area contributed by atoms with E-state index in [0.29, 0.717) is 45.1 Å². The molecule has 88 heavy (non-hydrogen) atoms. The van der Waals surface area contributed by atoms with Crippen LogP contribution in [0.15, 0.2) is 6.20 Å². The van der Waals surface area contributed by atoms with Crippen molar-refractivity contribution in [2.45, 2.75) is 186 Å². The van der Waals surface area contributed by atoms with Crippen LogP contribution in [0.5, 0.6) is 0 Å². The average molecular weight is 1270 g/mol. The van der Waals surface area contributed by atoms with Crippen molar-refractivity contribution >= 4 is 24.3 Å². The number of rotatable bonds is 62. The lowest BCUT2D eigenvalue weighted by molar-refractivity contribution is -0.483. The summed E-state index contributed by atoms with van der Waals surface area (Å²) in [4.78, 5) is 20.7. The number of aliphatic hydroxyl groups is 4. The Kier molecular flexibility index (Phi) is 54.9. The Morgan fingerprint density at radius 2 is 0.761 bits per heavy atom. The van der Waals surface area contributed by atoms with Crippen molar-refractivity contribution in [3.63, 3.8) is 0 Å². The number of hydrogen-bond donors (Lipinski definition) is 12. The SMILES string of the molecule is CCCCCCCCCCCCCCCCCCOCc1cn(C(COCC(COC(O)=[NH+]CCCN(C)CCC[NH3+])OC(O)=[NH+]CCCN(C)CCC[NH3+])COCC(COC(O)=[NH+]CCCN(C)CCC[NH3+])OC(O)=[NH+]CCCN(C)CCC[NH3+])nn1. The molecule has 0 aromatic carbocycles. The number of aliphatic hydroxyl groups excluding tert-OH is 4. The van der Waals surface area contributed by atoms with E-state index in [1.807, 2.05) is 6.20 Å². The maximum atomic E-state index is 10.9. The quantitative estimate of drug-likeness (QED) is 0.0169. The van der Waals surface area contributed by atoms with Gasteiger partial charge in [-0.2, -0.15) is 20.0 Å². The van der Waals surface area contributed by atoms with E-state index in [0.717, 1.165) is 143 Å². The van der Waals surface area contributed by atoms with Crippen molar-refractivity contribution in [1.82, 2.24) is 34.6 Å². The van der Waals surface area contributed by atoms with E-state index >= 15 is 0 Å². The third-order valence-electron chi connectivity index (χ3n) is 15.1. The highest BCUT2D eigenvalue weighted by molar-refractivity contribution is 5.58. The summed E-state index contributed by atoms with van der Waals surface area (Å²) in [6.07, 6.45) is 26.7. The molecule has 0 aliphatic heterocycles. The first-order valence-electron chi connectivity index (χ1n) is 34.2. The first-order valence-corrected chi connectivity index (χ1v) is 34.2. The normalized spacial score (nSPS) is 13.8. The summed E-state index contributed by atoms with van der Waals surface area (Å²) in [5, 5.41) is 52.2. The number of nitrogens with zero attached hydrogens (tertiary/aromatic N) is 7. The fourth-order valence-corrected chi connectivity index (χ4v) is 9.59. The number of hydrogen-bond acceptors (Lipinski definition) is 13. The summed E-state index contributed by atoms with van der Waals surface area (Å²) in [5.41, 5.74) is 16.4. The van der Waals surface area contributed by atoms with E-state index in [1.165, 1.54) is 89.9 Å². The van der Waals surface area contributed by atoms with Crippen molar-refractivity contribution in [3.05, 3.63) is 11.9 Å². The Balaban J connectivity index is 3.20. The number of quaternary nitrogens is 4. The van der Waals surface area contributed by atoms with Gasteiger partial charge in [0.1, 0.15) is 51.1 Å². The topological polar surface area (TPSA) is 356 Å². The van der Waals surface area contributed by atoms with Gasteiger partial charge in [0.25, 0.3) is 0 Å². The van der Waals surface area contributed by atoms with Crippen molar-refractivity contribution in [2.24, 2.45) is 0 Å². The standard InChI is InChI=1S/C62H127N15O11/c1-6-7-8-9-10-11-12-13-14-15-16-17-18-19-20-21-46-82-48-55-47-77(72-71-55)56(49-83-51-57(87-61(80)69-36-28-44-75(4)40-24-32-65)53-85-59(78)67-34-26-42-73(2)38-22-30-63)50-84-52-58(88-62(81)70-37-29-45-76(5)41-25-33-66)54-86-60(79)68-35-27-43-74(3)39-23-31-64/h47,56-58H,6-46,48-54,63-66H2,1-5H3,(H,67,78)(H,68,79)(H,69,80)(H,70,81)/p+8. The van der Waals surface area contributed by atoms with Gasteiger partial charge in [-0.05, 0) is 34.6 Å². The van der Waals surface area contributed by atoms with Gasteiger partial charge in [0, 0.05) is 110 Å². The first kappa shape index (κ1) is 81.8. The highest BCUT2D eigenvalue weighted by atomic mass is 16.7. The summed E-state index contributed by atoms with van der Waals surface area (Å²) >= 11 is 0. The lowest BCUT2D eigenvalue weighted by atomic mass is 10.0. The van der Waals surface area contributed by atoms with Crippen LogP contribution < -0.4 is 42.9 Å². The molecule has 2 unspecified atom stereocenters. The van der Waals surface area contributed by atoms with E-state index < -0.39 is 18.2 Å². The van der Waals surface area contributed by atoms with Gasteiger partial charge >= 0.3 is 24.3 Å². The molecule has 1 rings (SSSR count). The van der Waals surface area contributed by atoms with E-state index in [1.54, 1.807) is 4.68 Å². The molecule has 0 amide bonds. The molecule has 0 saturated carbocycles. The molecule has 0 fully saturated rings. The van der Waals surface area contributed by atoms with Crippen molar-refractivity contribution in [2.75, 3.05) is 179 Å². The Labute approximate surface area is 530 Å². The van der Waals surface area contributed by atoms with E-state index in [2.05, 4.69) is 108 Å². The second-order valence-corrected chi connectivity index (χ2v) is 23.8. The molecule has 0 bridgehead atoms. The van der Waals surface area contributed by atoms with Crippen LogP contribution in [0, 0.1) is 0 Å². The first-order chi connectivity index (χ1) is 42.8. The van der Waals surface area contributed by atoms with Gasteiger partial charge in [0.15, 0.2) is 12.2 Å². The Morgan fingerprint density at radius 3 is 1.11 bits per heavy atom. The van der Waals surface area contributed by atoms with Gasteiger partial charge in [-0.1, -0.05) is 108 Å². The zero-order valence-electron chi connectivity index (χ0n) is 56.4. The van der Waals surface area contributed by atoms with Crippen LogP contribution in [-0.4, -0.2) is 271 Å². The molecule has 2 atom stereocenters. The summed E-state index contributed by atoms with van der Waals surface area (Å²) < 4.78 is 43.7. The molecule has 0 radical (unpaired) electrons. The minimum Gasteiger partial charge on any atom is -0.430 e. The number of nitrogens with one attached hydrogen (secondary N) is 4. The smallest absolute Gasteiger partial charge is 0.430 e. The summed E-state index contributed by atoms with van der Waals surface area (Å²) in [6, 6.07) is -0.543. The molecule has 20 N–H and O–H groups in total. The van der Waals surface area contributed by atoms with E-state index in [-0.39, 0.29) is 64.0 Å². The van der Waals surface area contributed by atoms with Crippen LogP contribution >= 0.6 is 0 Å². The predicted molar refractivity (Wildman–Crippen MR) is 343 cm³/mol. The molecule has 26 nitrogen and oxygen atoms in total. The van der Waals surface area contributed by atoms with Gasteiger partial charge < -0.3 is 96.1 Å². The predicted octanol–water partition coefficient (Wildman–Crippen LogP) is -3.77. The van der Waals surface area contributed by atoms with Crippen LogP contribution in [-0.2, 0) is 39.8 Å². The maximum Gasteiger partial charge on any atom is 0.545 e. The summed E-state index contributed by atoms with van der Waals surface area (Å²) in [7, 11) is 8.25. The zero-order valence-corrected chi connectivity index (χ0v) is 56.4. The van der Waals surface area contributed by atoms with Crippen molar-refractivity contribution in [1.29, 1.82) is 0 Å². The molecule has 0 aliphatic carbocycles. The highest BCUT2D eigenvalue weighted by Crippen LogP contribution is 2.15. The summed E-state index contributed by atoms with van der Waals surface area (Å²) in [5.74, 6) is 0. The van der Waals surface area contributed by atoms with E-state index in [9.17, 15) is 20.4 Å². The molecular weight excluding hydrogens is 1130 g/mol. The largest absolute Gasteiger partial charge is 0.545 e. The number of unbranched alkanes of at least 4 members (excludes halogenated alkanes) is 15. The Morgan fingerprint density at radius 1 is 0.432 bits per heavy atom. The molecule has 516 valence electrons. The third kappa shape index (κ3) is 50.5. The molecule has 1 aromatic rings. The van der Waals surface area contributed by atoms with Gasteiger partial charge in [0.05, 0.1) is 65.4 Å². The van der Waals surface area contributed by atoms with Crippen molar-refractivity contribution in [3.8, 4) is 0 Å². The Bertz CT molecular complexity index is 1750. The Hall–Kier alpha value is -4.22.